The van der Waals surface area contributed by atoms with E-state index in [1.807, 2.05) is 44.2 Å². The van der Waals surface area contributed by atoms with Crippen LogP contribution in [0.25, 0.3) is 11.1 Å². The van der Waals surface area contributed by atoms with E-state index in [0.29, 0.717) is 12.8 Å². The molecule has 6 heteroatoms. The fourth-order valence-corrected chi connectivity index (χ4v) is 3.93. The molecular formula is C24H29NO4S. The lowest BCUT2D eigenvalue weighted by Gasteiger charge is -2.22. The van der Waals surface area contributed by atoms with Crippen LogP contribution >= 0.6 is 11.8 Å². The highest BCUT2D eigenvalue weighted by molar-refractivity contribution is 8.13. The summed E-state index contributed by atoms with van der Waals surface area (Å²) in [5.41, 5.74) is 3.31. The molecule has 0 aliphatic carbocycles. The minimum atomic E-state index is -0.999. The number of aliphatic carboxylic acids is 1. The van der Waals surface area contributed by atoms with Crippen molar-refractivity contribution in [2.75, 3.05) is 5.75 Å². The Kier molecular flexibility index (Phi) is 9.61. The molecule has 0 bridgehead atoms. The van der Waals surface area contributed by atoms with Crippen molar-refractivity contribution in [3.63, 3.8) is 0 Å². The summed E-state index contributed by atoms with van der Waals surface area (Å²) in [6.45, 7) is 3.81. The van der Waals surface area contributed by atoms with Crippen molar-refractivity contribution in [3.8, 4) is 11.1 Å². The zero-order valence-electron chi connectivity index (χ0n) is 17.5. The number of rotatable bonds is 11. The molecule has 2 aromatic rings. The molecule has 160 valence electrons. The summed E-state index contributed by atoms with van der Waals surface area (Å²) in [5, 5.41) is 11.8. The standard InChI is InChI=1S/C24H29NO4S/c1-3-30-24(29)17(2)15-21(25-22(26)13-14-23(27)28)16-18-9-11-20(12-10-18)19-7-5-4-6-8-19/h4-12,17,21H,3,13-16H2,1-2H3,(H,25,26)(H,27,28)/t17-,21+/m1/s1. The third-order valence-corrected chi connectivity index (χ3v) is 5.78. The largest absolute Gasteiger partial charge is 0.481 e. The van der Waals surface area contributed by atoms with Crippen LogP contribution < -0.4 is 5.32 Å². The van der Waals surface area contributed by atoms with Gasteiger partial charge in [-0.3, -0.25) is 14.4 Å². The highest BCUT2D eigenvalue weighted by Gasteiger charge is 2.21. The molecule has 0 heterocycles. The molecule has 2 rings (SSSR count). The topological polar surface area (TPSA) is 83.5 Å². The molecule has 0 saturated heterocycles. The molecule has 2 N–H and O–H groups in total. The molecule has 0 aliphatic rings. The van der Waals surface area contributed by atoms with Crippen molar-refractivity contribution in [3.05, 3.63) is 60.2 Å². The van der Waals surface area contributed by atoms with E-state index in [9.17, 15) is 14.4 Å². The van der Waals surface area contributed by atoms with Gasteiger partial charge in [-0.25, -0.2) is 0 Å². The van der Waals surface area contributed by atoms with Crippen molar-refractivity contribution in [1.29, 1.82) is 0 Å². The van der Waals surface area contributed by atoms with Crippen molar-refractivity contribution in [2.24, 2.45) is 5.92 Å². The summed E-state index contributed by atoms with van der Waals surface area (Å²) in [6.07, 6.45) is 0.836. The first kappa shape index (κ1) is 23.7. The molecule has 0 radical (unpaired) electrons. The average Bonchev–Trinajstić information content (AvgIpc) is 2.73. The number of carboxylic acid groups (broad SMARTS) is 1. The third-order valence-electron chi connectivity index (χ3n) is 4.80. The SMILES string of the molecule is CCSC(=O)[C@H](C)C[C@@H](Cc1ccc(-c2ccccc2)cc1)NC(=O)CCC(=O)O. The molecule has 5 nitrogen and oxygen atoms in total. The molecule has 0 fully saturated rings. The Morgan fingerprint density at radius 2 is 1.60 bits per heavy atom. The van der Waals surface area contributed by atoms with E-state index in [-0.39, 0.29) is 35.8 Å². The summed E-state index contributed by atoms with van der Waals surface area (Å²) in [4.78, 5) is 35.1. The Labute approximate surface area is 182 Å². The molecular weight excluding hydrogens is 398 g/mol. The highest BCUT2D eigenvalue weighted by Crippen LogP contribution is 2.22. The monoisotopic (exact) mass is 427 g/mol. The van der Waals surface area contributed by atoms with Gasteiger partial charge >= 0.3 is 5.97 Å². The van der Waals surface area contributed by atoms with Crippen molar-refractivity contribution < 1.29 is 19.5 Å². The molecule has 30 heavy (non-hydrogen) atoms. The average molecular weight is 428 g/mol. The first-order valence-corrected chi connectivity index (χ1v) is 11.2. The van der Waals surface area contributed by atoms with Gasteiger partial charge in [0.25, 0.3) is 0 Å². The maximum atomic E-state index is 12.2. The molecule has 0 unspecified atom stereocenters. The zero-order chi connectivity index (χ0) is 21.9. The Morgan fingerprint density at radius 3 is 2.20 bits per heavy atom. The normalized spacial score (nSPS) is 12.7. The number of hydrogen-bond acceptors (Lipinski definition) is 4. The van der Waals surface area contributed by atoms with E-state index in [1.54, 1.807) is 0 Å². The van der Waals surface area contributed by atoms with Gasteiger partial charge in [-0.05, 0) is 35.3 Å². The van der Waals surface area contributed by atoms with Crippen LogP contribution in [0.3, 0.4) is 0 Å². The summed E-state index contributed by atoms with van der Waals surface area (Å²) >= 11 is 1.29. The second kappa shape index (κ2) is 12.2. The predicted molar refractivity (Wildman–Crippen MR) is 121 cm³/mol. The molecule has 1 amide bonds. The number of nitrogens with one attached hydrogen (secondary N) is 1. The molecule has 2 aromatic carbocycles. The van der Waals surface area contributed by atoms with Gasteiger partial charge in [-0.1, -0.05) is 80.2 Å². The van der Waals surface area contributed by atoms with E-state index in [1.165, 1.54) is 11.8 Å². The van der Waals surface area contributed by atoms with E-state index in [4.69, 9.17) is 5.11 Å². The molecule has 0 aliphatic heterocycles. The number of carbonyl (C=O) groups excluding carboxylic acids is 2. The first-order valence-electron chi connectivity index (χ1n) is 10.2. The maximum Gasteiger partial charge on any atom is 0.303 e. The van der Waals surface area contributed by atoms with Crippen LogP contribution in [0.2, 0.25) is 0 Å². The lowest BCUT2D eigenvalue weighted by Crippen LogP contribution is -2.38. The maximum absolute atomic E-state index is 12.2. The van der Waals surface area contributed by atoms with Crippen LogP contribution in [-0.4, -0.2) is 33.9 Å². The van der Waals surface area contributed by atoms with E-state index >= 15 is 0 Å². The van der Waals surface area contributed by atoms with Crippen LogP contribution in [0.1, 0.15) is 38.7 Å². The molecule has 0 saturated carbocycles. The number of amides is 1. The first-order chi connectivity index (χ1) is 14.4. The van der Waals surface area contributed by atoms with E-state index in [0.717, 1.165) is 22.4 Å². The summed E-state index contributed by atoms with van der Waals surface area (Å²) < 4.78 is 0. The van der Waals surface area contributed by atoms with Gasteiger partial charge in [0.2, 0.25) is 5.91 Å². The number of thioether (sulfide) groups is 1. The van der Waals surface area contributed by atoms with Crippen LogP contribution in [-0.2, 0) is 20.8 Å². The highest BCUT2D eigenvalue weighted by atomic mass is 32.2. The van der Waals surface area contributed by atoms with Gasteiger partial charge in [-0.15, -0.1) is 0 Å². The van der Waals surface area contributed by atoms with E-state index < -0.39 is 5.97 Å². The molecule has 0 aromatic heterocycles. The Hall–Kier alpha value is -2.60. The summed E-state index contributed by atoms with van der Waals surface area (Å²) in [6, 6.07) is 18.0. The van der Waals surface area contributed by atoms with Gasteiger partial charge in [-0.2, -0.15) is 0 Å². The van der Waals surface area contributed by atoms with Crippen molar-refractivity contribution >= 4 is 28.8 Å². The second-order valence-electron chi connectivity index (χ2n) is 7.31. The summed E-state index contributed by atoms with van der Waals surface area (Å²) in [7, 11) is 0. The smallest absolute Gasteiger partial charge is 0.303 e. The van der Waals surface area contributed by atoms with Gasteiger partial charge in [0, 0.05) is 18.4 Å². The van der Waals surface area contributed by atoms with Gasteiger partial charge in [0.05, 0.1) is 6.42 Å². The molecule has 2 atom stereocenters. The van der Waals surface area contributed by atoms with Crippen molar-refractivity contribution in [2.45, 2.75) is 45.6 Å². The van der Waals surface area contributed by atoms with Crippen LogP contribution in [0.15, 0.2) is 54.6 Å². The van der Waals surface area contributed by atoms with Gasteiger partial charge in [0.15, 0.2) is 5.12 Å². The number of carbonyl (C=O) groups is 3. The van der Waals surface area contributed by atoms with Crippen molar-refractivity contribution in [1.82, 2.24) is 5.32 Å². The quantitative estimate of drug-likeness (QED) is 0.550. The minimum Gasteiger partial charge on any atom is -0.481 e. The third kappa shape index (κ3) is 8.03. The van der Waals surface area contributed by atoms with Crippen LogP contribution in [0.4, 0.5) is 0 Å². The Balaban J connectivity index is 2.07. The number of benzene rings is 2. The Bertz CT molecular complexity index is 836. The summed E-state index contributed by atoms with van der Waals surface area (Å²) in [5.74, 6) is -0.768. The van der Waals surface area contributed by atoms with Crippen LogP contribution in [0, 0.1) is 5.92 Å². The lowest BCUT2D eigenvalue weighted by atomic mass is 9.95. The number of hydrogen-bond donors (Lipinski definition) is 2. The lowest BCUT2D eigenvalue weighted by molar-refractivity contribution is -0.138. The fourth-order valence-electron chi connectivity index (χ4n) is 3.27. The van der Waals surface area contributed by atoms with Gasteiger partial charge < -0.3 is 10.4 Å². The molecule has 0 spiro atoms. The second-order valence-corrected chi connectivity index (χ2v) is 8.58. The van der Waals surface area contributed by atoms with E-state index in [2.05, 4.69) is 29.6 Å². The Morgan fingerprint density at radius 1 is 0.967 bits per heavy atom. The van der Waals surface area contributed by atoms with Gasteiger partial charge in [0.1, 0.15) is 0 Å². The van der Waals surface area contributed by atoms with Crippen LogP contribution in [0.5, 0.6) is 0 Å². The number of carboxylic acids is 1. The zero-order valence-corrected chi connectivity index (χ0v) is 18.3. The predicted octanol–water partition coefficient (Wildman–Crippen LogP) is 4.55. The minimum absolute atomic E-state index is 0.0647. The fraction of sp³-hybridized carbons (Fsp3) is 0.375.